The summed E-state index contributed by atoms with van der Waals surface area (Å²) in [5.41, 5.74) is 2.66. The summed E-state index contributed by atoms with van der Waals surface area (Å²) in [6, 6.07) is 10.4. The number of nitro groups is 1. The number of benzene rings is 2. The third kappa shape index (κ3) is 5.00. The lowest BCUT2D eigenvalue weighted by molar-refractivity contribution is -0.384. The molecule has 0 unspecified atom stereocenters. The van der Waals surface area contributed by atoms with E-state index in [1.54, 1.807) is 18.2 Å². The van der Waals surface area contributed by atoms with E-state index in [0.29, 0.717) is 44.3 Å². The van der Waals surface area contributed by atoms with Crippen LogP contribution in [0.1, 0.15) is 31.4 Å². The van der Waals surface area contributed by atoms with E-state index in [0.717, 1.165) is 17.7 Å². The zero-order chi connectivity index (χ0) is 21.5. The minimum Gasteiger partial charge on any atom is -0.490 e. The van der Waals surface area contributed by atoms with Gasteiger partial charge in [0.1, 0.15) is 5.69 Å². The quantitative estimate of drug-likeness (QED) is 0.497. The summed E-state index contributed by atoms with van der Waals surface area (Å²) in [4.78, 5) is 25.2. The number of carbonyl (C=O) groups is 1. The number of nitro benzene ring substituents is 1. The van der Waals surface area contributed by atoms with Crippen LogP contribution in [-0.4, -0.2) is 42.0 Å². The molecule has 30 heavy (non-hydrogen) atoms. The molecule has 1 aliphatic rings. The first-order chi connectivity index (χ1) is 14.5. The number of hydrogen-bond donors (Lipinski definition) is 1. The van der Waals surface area contributed by atoms with Crippen molar-refractivity contribution < 1.29 is 19.2 Å². The van der Waals surface area contributed by atoms with E-state index in [2.05, 4.69) is 5.32 Å². The molecule has 1 N–H and O–H groups in total. The van der Waals surface area contributed by atoms with Gasteiger partial charge in [0.15, 0.2) is 11.5 Å². The Labute approximate surface area is 175 Å². The summed E-state index contributed by atoms with van der Waals surface area (Å²) in [5, 5.41) is 14.1. The monoisotopic (exact) mass is 413 g/mol. The number of nitrogens with one attached hydrogen (secondary N) is 1. The molecule has 0 spiro atoms. The van der Waals surface area contributed by atoms with Crippen molar-refractivity contribution in [2.24, 2.45) is 0 Å². The second-order valence-electron chi connectivity index (χ2n) is 6.95. The molecule has 0 fully saturated rings. The van der Waals surface area contributed by atoms with Crippen molar-refractivity contribution in [3.63, 3.8) is 0 Å². The van der Waals surface area contributed by atoms with Gasteiger partial charge in [0.25, 0.3) is 5.69 Å². The van der Waals surface area contributed by atoms with Crippen molar-refractivity contribution in [1.82, 2.24) is 4.90 Å². The SMILES string of the molecule is CCOc1cc2c(cc1OCC)CN(C(=O)CCNc1ccccc1[N+](=O)[O-])CC2. The topological polar surface area (TPSA) is 93.9 Å². The highest BCUT2D eigenvalue weighted by Crippen LogP contribution is 2.34. The van der Waals surface area contributed by atoms with E-state index in [4.69, 9.17) is 9.47 Å². The summed E-state index contributed by atoms with van der Waals surface area (Å²) in [5.74, 6) is 1.45. The van der Waals surface area contributed by atoms with Gasteiger partial charge in [-0.3, -0.25) is 14.9 Å². The van der Waals surface area contributed by atoms with Crippen molar-refractivity contribution in [3.8, 4) is 11.5 Å². The van der Waals surface area contributed by atoms with E-state index in [1.165, 1.54) is 11.6 Å². The van der Waals surface area contributed by atoms with Crippen LogP contribution in [0.4, 0.5) is 11.4 Å². The lowest BCUT2D eigenvalue weighted by atomic mass is 9.98. The number of fused-ring (bicyclic) bond motifs is 1. The molecular formula is C22H27N3O5. The molecule has 0 bridgehead atoms. The Hall–Kier alpha value is -3.29. The van der Waals surface area contributed by atoms with Crippen molar-refractivity contribution in [1.29, 1.82) is 0 Å². The van der Waals surface area contributed by atoms with Gasteiger partial charge in [-0.25, -0.2) is 0 Å². The average molecular weight is 413 g/mol. The molecule has 0 saturated carbocycles. The molecule has 2 aromatic carbocycles. The van der Waals surface area contributed by atoms with Crippen LogP contribution in [0, 0.1) is 10.1 Å². The first-order valence-corrected chi connectivity index (χ1v) is 10.2. The number of hydrogen-bond acceptors (Lipinski definition) is 6. The molecule has 0 aliphatic carbocycles. The number of anilines is 1. The van der Waals surface area contributed by atoms with Crippen LogP contribution in [0.2, 0.25) is 0 Å². The minimum atomic E-state index is -0.432. The van der Waals surface area contributed by atoms with Gasteiger partial charge >= 0.3 is 0 Å². The highest BCUT2D eigenvalue weighted by molar-refractivity contribution is 5.77. The van der Waals surface area contributed by atoms with Crippen molar-refractivity contribution >= 4 is 17.3 Å². The zero-order valence-corrected chi connectivity index (χ0v) is 17.3. The maximum absolute atomic E-state index is 12.7. The molecule has 8 nitrogen and oxygen atoms in total. The standard InChI is InChI=1S/C22H27N3O5/c1-3-29-20-13-16-10-12-24(15-17(16)14-21(20)30-4-2)22(26)9-11-23-18-7-5-6-8-19(18)25(27)28/h5-8,13-14,23H,3-4,9-12,15H2,1-2H3. The Bertz CT molecular complexity index is 916. The fourth-order valence-electron chi connectivity index (χ4n) is 3.56. The van der Waals surface area contributed by atoms with Gasteiger partial charge < -0.3 is 19.7 Å². The molecule has 0 atom stereocenters. The molecule has 8 heteroatoms. The highest BCUT2D eigenvalue weighted by Gasteiger charge is 2.23. The Balaban J connectivity index is 1.62. The molecule has 0 radical (unpaired) electrons. The number of carbonyl (C=O) groups excluding carboxylic acids is 1. The van der Waals surface area contributed by atoms with Gasteiger partial charge in [-0.2, -0.15) is 0 Å². The minimum absolute atomic E-state index is 0.00500. The maximum atomic E-state index is 12.7. The van der Waals surface area contributed by atoms with E-state index in [9.17, 15) is 14.9 Å². The third-order valence-corrected chi connectivity index (χ3v) is 4.99. The van der Waals surface area contributed by atoms with Crippen LogP contribution < -0.4 is 14.8 Å². The van der Waals surface area contributed by atoms with Crippen molar-refractivity contribution in [2.45, 2.75) is 33.2 Å². The summed E-state index contributed by atoms with van der Waals surface area (Å²) < 4.78 is 11.4. The van der Waals surface area contributed by atoms with Gasteiger partial charge in [0.2, 0.25) is 5.91 Å². The highest BCUT2D eigenvalue weighted by atomic mass is 16.6. The molecule has 0 saturated heterocycles. The van der Waals surface area contributed by atoms with Gasteiger partial charge in [-0.1, -0.05) is 12.1 Å². The third-order valence-electron chi connectivity index (χ3n) is 4.99. The number of ether oxygens (including phenoxy) is 2. The van der Waals surface area contributed by atoms with Crippen LogP contribution in [0.5, 0.6) is 11.5 Å². The predicted molar refractivity (Wildman–Crippen MR) is 114 cm³/mol. The zero-order valence-electron chi connectivity index (χ0n) is 17.3. The van der Waals surface area contributed by atoms with E-state index in [1.807, 2.05) is 30.9 Å². The van der Waals surface area contributed by atoms with Gasteiger partial charge in [0, 0.05) is 32.1 Å². The molecule has 2 aromatic rings. The molecule has 160 valence electrons. The van der Waals surface area contributed by atoms with E-state index < -0.39 is 4.92 Å². The van der Waals surface area contributed by atoms with Crippen LogP contribution in [0.15, 0.2) is 36.4 Å². The molecule has 1 amide bonds. The molecule has 3 rings (SSSR count). The summed E-state index contributed by atoms with van der Waals surface area (Å²) in [6.45, 7) is 6.46. The second kappa shape index (κ2) is 9.96. The maximum Gasteiger partial charge on any atom is 0.292 e. The van der Waals surface area contributed by atoms with E-state index in [-0.39, 0.29) is 18.0 Å². The molecule has 1 heterocycles. The lowest BCUT2D eigenvalue weighted by Gasteiger charge is -2.30. The number of para-hydroxylation sites is 2. The van der Waals surface area contributed by atoms with Gasteiger partial charge in [-0.05, 0) is 49.6 Å². The fourth-order valence-corrected chi connectivity index (χ4v) is 3.56. The first kappa shape index (κ1) is 21.4. The Morgan fingerprint density at radius 2 is 1.80 bits per heavy atom. The van der Waals surface area contributed by atoms with E-state index >= 15 is 0 Å². The van der Waals surface area contributed by atoms with Crippen LogP contribution >= 0.6 is 0 Å². The predicted octanol–water partition coefficient (Wildman–Crippen LogP) is 3.78. The van der Waals surface area contributed by atoms with Gasteiger partial charge in [0.05, 0.1) is 18.1 Å². The Morgan fingerprint density at radius 3 is 2.47 bits per heavy atom. The molecular weight excluding hydrogens is 386 g/mol. The number of rotatable bonds is 9. The van der Waals surface area contributed by atoms with Crippen molar-refractivity contribution in [3.05, 3.63) is 57.6 Å². The van der Waals surface area contributed by atoms with Crippen LogP contribution in [0.25, 0.3) is 0 Å². The van der Waals surface area contributed by atoms with Crippen molar-refractivity contribution in [2.75, 3.05) is 31.6 Å². The summed E-state index contributed by atoms with van der Waals surface area (Å²) in [6.07, 6.45) is 1.02. The summed E-state index contributed by atoms with van der Waals surface area (Å²) >= 11 is 0. The number of nitrogens with zero attached hydrogens (tertiary/aromatic N) is 2. The van der Waals surface area contributed by atoms with Crippen LogP contribution in [-0.2, 0) is 17.8 Å². The molecule has 0 aromatic heterocycles. The number of amides is 1. The fraction of sp³-hybridized carbons (Fsp3) is 0.409. The largest absolute Gasteiger partial charge is 0.490 e. The smallest absolute Gasteiger partial charge is 0.292 e. The Kier molecular flexibility index (Phi) is 7.11. The summed E-state index contributed by atoms with van der Waals surface area (Å²) in [7, 11) is 0. The molecule has 1 aliphatic heterocycles. The Morgan fingerprint density at radius 1 is 1.13 bits per heavy atom. The normalized spacial score (nSPS) is 12.8. The lowest BCUT2D eigenvalue weighted by Crippen LogP contribution is -2.36. The average Bonchev–Trinajstić information content (AvgIpc) is 2.74. The van der Waals surface area contributed by atoms with Crippen LogP contribution in [0.3, 0.4) is 0 Å². The van der Waals surface area contributed by atoms with Gasteiger partial charge in [-0.15, -0.1) is 0 Å². The second-order valence-corrected chi connectivity index (χ2v) is 6.95. The first-order valence-electron chi connectivity index (χ1n) is 10.2.